The lowest BCUT2D eigenvalue weighted by Crippen LogP contribution is -2.29. The van der Waals surface area contributed by atoms with Crippen LogP contribution in [0.3, 0.4) is 0 Å². The van der Waals surface area contributed by atoms with E-state index in [-0.39, 0.29) is 45.3 Å². The van der Waals surface area contributed by atoms with E-state index in [4.69, 9.17) is 4.74 Å². The van der Waals surface area contributed by atoms with E-state index in [1.807, 2.05) is 0 Å². The number of carbonyl (C=O) groups is 4. The Morgan fingerprint density at radius 2 is 0.897 bits per heavy atom. The fraction of sp³-hybridized carbons (Fsp3) is 0.0667. The molecule has 0 saturated carbocycles. The number of anilines is 2. The summed E-state index contributed by atoms with van der Waals surface area (Å²) in [7, 11) is 0. The monoisotopic (exact) mass is 520 g/mol. The quantitative estimate of drug-likeness (QED) is 0.359. The number of hydrogen-bond acceptors (Lipinski definition) is 7. The van der Waals surface area contributed by atoms with Crippen LogP contribution in [0.2, 0.25) is 0 Å². The summed E-state index contributed by atoms with van der Waals surface area (Å²) in [6.45, 7) is 3.38. The second kappa shape index (κ2) is 8.56. The first-order valence-electron chi connectivity index (χ1n) is 12.0. The van der Waals surface area contributed by atoms with Gasteiger partial charge in [-0.3, -0.25) is 19.2 Å². The molecule has 0 spiro atoms. The van der Waals surface area contributed by atoms with Gasteiger partial charge in [-0.1, -0.05) is 0 Å². The summed E-state index contributed by atoms with van der Waals surface area (Å²) in [4.78, 5) is 54.5. The molecule has 0 aliphatic carbocycles. The molecule has 9 nitrogen and oxygen atoms in total. The van der Waals surface area contributed by atoms with Crippen molar-refractivity contribution < 1.29 is 34.1 Å². The topological polar surface area (TPSA) is 124 Å². The van der Waals surface area contributed by atoms with E-state index in [0.29, 0.717) is 22.5 Å². The Hall–Kier alpha value is -5.44. The van der Waals surface area contributed by atoms with E-state index >= 15 is 0 Å². The molecule has 2 heterocycles. The largest absolute Gasteiger partial charge is 0.508 e. The molecule has 9 heteroatoms. The summed E-state index contributed by atoms with van der Waals surface area (Å²) < 4.78 is 5.93. The molecule has 0 aromatic heterocycles. The number of phenolic OH excluding ortho intramolecular Hbond substituents is 2. The summed E-state index contributed by atoms with van der Waals surface area (Å²) in [5.41, 5.74) is 2.62. The lowest BCUT2D eigenvalue weighted by molar-refractivity contribution is 0.0910. The number of rotatable bonds is 4. The molecule has 0 fully saturated rings. The molecule has 0 radical (unpaired) electrons. The minimum absolute atomic E-state index is 0.0272. The van der Waals surface area contributed by atoms with E-state index in [2.05, 4.69) is 0 Å². The standard InChI is InChI=1S/C30H20N2O7/c1-15-11-17(33)3-9-25(15)31-27(35)21-7-5-19(13-23(21)29(31)37)39-20-6-8-22-24(14-20)30(38)32(28(22)36)26-10-4-18(34)12-16(26)2/h3-14,33-34H,1-2H3. The number of imide groups is 2. The first kappa shape index (κ1) is 23.9. The van der Waals surface area contributed by atoms with Gasteiger partial charge in [-0.05, 0) is 97.8 Å². The van der Waals surface area contributed by atoms with E-state index in [9.17, 15) is 29.4 Å². The Morgan fingerprint density at radius 3 is 1.28 bits per heavy atom. The lowest BCUT2D eigenvalue weighted by atomic mass is 10.1. The third-order valence-corrected chi connectivity index (χ3v) is 6.79. The number of benzene rings is 4. The molecule has 0 atom stereocenters. The van der Waals surface area contributed by atoms with Crippen molar-refractivity contribution in [1.82, 2.24) is 0 Å². The number of nitrogens with zero attached hydrogens (tertiary/aromatic N) is 2. The van der Waals surface area contributed by atoms with Crippen LogP contribution >= 0.6 is 0 Å². The summed E-state index contributed by atoms with van der Waals surface area (Å²) in [6, 6.07) is 17.8. The highest BCUT2D eigenvalue weighted by Gasteiger charge is 2.39. The van der Waals surface area contributed by atoms with Gasteiger partial charge >= 0.3 is 0 Å². The molecule has 0 bridgehead atoms. The van der Waals surface area contributed by atoms with Gasteiger partial charge in [-0.2, -0.15) is 0 Å². The molecule has 2 aliphatic rings. The highest BCUT2D eigenvalue weighted by Crippen LogP contribution is 2.37. The molecular formula is C30H20N2O7. The van der Waals surface area contributed by atoms with Crippen molar-refractivity contribution in [1.29, 1.82) is 0 Å². The number of aryl methyl sites for hydroxylation is 2. The maximum atomic E-state index is 13.2. The van der Waals surface area contributed by atoms with Crippen LogP contribution in [-0.2, 0) is 0 Å². The Kier molecular flexibility index (Phi) is 5.25. The van der Waals surface area contributed by atoms with Crippen LogP contribution in [0.25, 0.3) is 0 Å². The van der Waals surface area contributed by atoms with Gasteiger partial charge in [-0.15, -0.1) is 0 Å². The maximum absolute atomic E-state index is 13.2. The Bertz CT molecular complexity index is 1650. The number of hydrogen-bond donors (Lipinski definition) is 2. The van der Waals surface area contributed by atoms with Crippen molar-refractivity contribution in [3.8, 4) is 23.0 Å². The molecule has 6 rings (SSSR count). The zero-order valence-electron chi connectivity index (χ0n) is 20.8. The smallest absolute Gasteiger partial charge is 0.266 e. The van der Waals surface area contributed by atoms with Crippen LogP contribution in [-0.4, -0.2) is 33.8 Å². The van der Waals surface area contributed by atoms with Gasteiger partial charge < -0.3 is 14.9 Å². The fourth-order valence-corrected chi connectivity index (χ4v) is 4.92. The number of ether oxygens (including phenoxy) is 1. The third kappa shape index (κ3) is 3.71. The van der Waals surface area contributed by atoms with Gasteiger partial charge in [0.25, 0.3) is 23.6 Å². The molecule has 2 aliphatic heterocycles. The van der Waals surface area contributed by atoms with Gasteiger partial charge in [0.2, 0.25) is 0 Å². The van der Waals surface area contributed by atoms with Crippen molar-refractivity contribution >= 4 is 35.0 Å². The molecule has 4 amide bonds. The summed E-state index contributed by atoms with van der Waals surface area (Å²) in [6.07, 6.45) is 0. The molecule has 39 heavy (non-hydrogen) atoms. The van der Waals surface area contributed by atoms with Crippen LogP contribution in [0.15, 0.2) is 72.8 Å². The zero-order valence-corrected chi connectivity index (χ0v) is 20.8. The Labute approximate surface area is 222 Å². The van der Waals surface area contributed by atoms with Crippen molar-refractivity contribution in [2.75, 3.05) is 9.80 Å². The van der Waals surface area contributed by atoms with E-state index in [1.54, 1.807) is 26.0 Å². The van der Waals surface area contributed by atoms with Crippen LogP contribution < -0.4 is 14.5 Å². The summed E-state index contributed by atoms with van der Waals surface area (Å²) in [5, 5.41) is 19.4. The second-order valence-electron chi connectivity index (χ2n) is 9.35. The molecule has 2 N–H and O–H groups in total. The second-order valence-corrected chi connectivity index (χ2v) is 9.35. The molecule has 192 valence electrons. The minimum Gasteiger partial charge on any atom is -0.508 e. The number of aromatic hydroxyl groups is 2. The van der Waals surface area contributed by atoms with Gasteiger partial charge in [0.1, 0.15) is 23.0 Å². The third-order valence-electron chi connectivity index (χ3n) is 6.79. The molecule has 4 aromatic rings. The number of amides is 4. The molecule has 0 saturated heterocycles. The van der Waals surface area contributed by atoms with Crippen LogP contribution in [0, 0.1) is 13.8 Å². The minimum atomic E-state index is -0.524. The van der Waals surface area contributed by atoms with Gasteiger partial charge in [0.15, 0.2) is 0 Å². The van der Waals surface area contributed by atoms with Crippen molar-refractivity contribution in [3.05, 3.63) is 106 Å². The summed E-state index contributed by atoms with van der Waals surface area (Å²) in [5.74, 6) is -1.43. The van der Waals surface area contributed by atoms with Crippen molar-refractivity contribution in [2.45, 2.75) is 13.8 Å². The van der Waals surface area contributed by atoms with Gasteiger partial charge in [0.05, 0.1) is 33.6 Å². The highest BCUT2D eigenvalue weighted by atomic mass is 16.5. The van der Waals surface area contributed by atoms with Crippen molar-refractivity contribution in [3.63, 3.8) is 0 Å². The lowest BCUT2D eigenvalue weighted by Gasteiger charge is -2.16. The van der Waals surface area contributed by atoms with E-state index < -0.39 is 23.6 Å². The van der Waals surface area contributed by atoms with E-state index in [0.717, 1.165) is 9.80 Å². The van der Waals surface area contributed by atoms with Crippen LogP contribution in [0.4, 0.5) is 11.4 Å². The van der Waals surface area contributed by atoms with Gasteiger partial charge in [-0.25, -0.2) is 9.80 Å². The number of phenols is 2. The zero-order chi connectivity index (χ0) is 27.6. The average Bonchev–Trinajstić information content (AvgIpc) is 3.28. The normalized spacial score (nSPS) is 14.2. The molecule has 0 unspecified atom stereocenters. The molecular weight excluding hydrogens is 500 g/mol. The first-order chi connectivity index (χ1) is 18.6. The van der Waals surface area contributed by atoms with Gasteiger partial charge in [0, 0.05) is 0 Å². The Balaban J connectivity index is 1.28. The first-order valence-corrected chi connectivity index (χ1v) is 12.0. The fourth-order valence-electron chi connectivity index (χ4n) is 4.92. The average molecular weight is 520 g/mol. The predicted molar refractivity (Wildman–Crippen MR) is 141 cm³/mol. The van der Waals surface area contributed by atoms with Crippen LogP contribution in [0.5, 0.6) is 23.0 Å². The number of carbonyl (C=O) groups excluding carboxylic acids is 4. The van der Waals surface area contributed by atoms with E-state index in [1.165, 1.54) is 60.7 Å². The number of fused-ring (bicyclic) bond motifs is 2. The Morgan fingerprint density at radius 1 is 0.513 bits per heavy atom. The summed E-state index contributed by atoms with van der Waals surface area (Å²) >= 11 is 0. The van der Waals surface area contributed by atoms with Crippen LogP contribution in [0.1, 0.15) is 52.6 Å². The SMILES string of the molecule is Cc1cc(O)ccc1N1C(=O)c2ccc(Oc3ccc4c(c3)C(=O)N(c3ccc(O)cc3C)C4=O)cc2C1=O. The van der Waals surface area contributed by atoms with Crippen molar-refractivity contribution in [2.24, 2.45) is 0 Å². The molecule has 4 aromatic carbocycles. The maximum Gasteiger partial charge on any atom is 0.266 e. The highest BCUT2D eigenvalue weighted by molar-refractivity contribution is 6.35. The predicted octanol–water partition coefficient (Wildman–Crippen LogP) is 5.11.